The van der Waals surface area contributed by atoms with Crippen LogP contribution in [-0.4, -0.2) is 19.9 Å². The molecule has 0 saturated heterocycles. The first-order chi connectivity index (χ1) is 12.2. The van der Waals surface area contributed by atoms with Crippen molar-refractivity contribution >= 4 is 61.7 Å². The molecule has 0 spiro atoms. The second-order valence-electron chi connectivity index (χ2n) is 5.28. The summed E-state index contributed by atoms with van der Waals surface area (Å²) in [6.45, 7) is 0. The lowest BCUT2D eigenvalue weighted by Gasteiger charge is -2.10. The average molecular weight is 416 g/mol. The molecule has 0 amide bonds. The van der Waals surface area contributed by atoms with Gasteiger partial charge in [-0.1, -0.05) is 17.7 Å². The lowest BCUT2D eigenvalue weighted by Crippen LogP contribution is -2.01. The number of rotatable bonds is 4. The third-order valence-corrected chi connectivity index (χ3v) is 4.32. The second kappa shape index (κ2) is 6.70. The van der Waals surface area contributed by atoms with E-state index in [2.05, 4.69) is 46.5 Å². The zero-order valence-corrected chi connectivity index (χ0v) is 15.1. The first kappa shape index (κ1) is 15.9. The second-order valence-corrected chi connectivity index (χ2v) is 6.58. The van der Waals surface area contributed by atoms with E-state index in [0.717, 1.165) is 26.9 Å². The van der Waals surface area contributed by atoms with Gasteiger partial charge in [0.1, 0.15) is 5.82 Å². The maximum Gasteiger partial charge on any atom is 0.229 e. The van der Waals surface area contributed by atoms with Crippen LogP contribution in [0, 0.1) is 0 Å². The molecule has 0 bridgehead atoms. The van der Waals surface area contributed by atoms with Gasteiger partial charge in [-0.05, 0) is 52.3 Å². The minimum atomic E-state index is 0.468. The van der Waals surface area contributed by atoms with Crippen LogP contribution in [0.5, 0.6) is 0 Å². The molecule has 2 heterocycles. The molecular weight excluding hydrogens is 404 g/mol. The summed E-state index contributed by atoms with van der Waals surface area (Å²) in [4.78, 5) is 16.1. The molecule has 2 aromatic heterocycles. The fraction of sp³-hybridized carbons (Fsp3) is 0. The van der Waals surface area contributed by atoms with Crippen LogP contribution in [0.25, 0.3) is 11.0 Å². The molecule has 0 saturated carbocycles. The van der Waals surface area contributed by atoms with Crippen molar-refractivity contribution in [3.05, 3.63) is 64.5 Å². The third-order valence-electron chi connectivity index (χ3n) is 3.51. The Morgan fingerprint density at radius 3 is 2.76 bits per heavy atom. The molecule has 4 aromatic rings. The summed E-state index contributed by atoms with van der Waals surface area (Å²) in [6.07, 6.45) is 3.36. The Bertz CT molecular complexity index is 1050. The Labute approximate surface area is 156 Å². The molecule has 124 valence electrons. The highest BCUT2D eigenvalue weighted by atomic mass is 79.9. The highest BCUT2D eigenvalue weighted by Crippen LogP contribution is 2.27. The van der Waals surface area contributed by atoms with Crippen molar-refractivity contribution in [3.63, 3.8) is 0 Å². The molecule has 0 aliphatic carbocycles. The van der Waals surface area contributed by atoms with Crippen molar-refractivity contribution in [2.24, 2.45) is 0 Å². The number of halogens is 2. The molecule has 3 N–H and O–H groups in total. The van der Waals surface area contributed by atoms with Gasteiger partial charge in [0.25, 0.3) is 0 Å². The number of H-pyrrole nitrogens is 1. The number of hydrogen-bond acceptors (Lipinski definition) is 5. The van der Waals surface area contributed by atoms with Crippen LogP contribution in [0.3, 0.4) is 0 Å². The lowest BCUT2D eigenvalue weighted by molar-refractivity contribution is 1.15. The Kier molecular flexibility index (Phi) is 4.25. The van der Waals surface area contributed by atoms with Crippen molar-refractivity contribution in [1.29, 1.82) is 0 Å². The number of fused-ring (bicyclic) bond motifs is 1. The topological polar surface area (TPSA) is 78.5 Å². The van der Waals surface area contributed by atoms with Gasteiger partial charge in [0.15, 0.2) is 0 Å². The maximum atomic E-state index is 6.00. The van der Waals surface area contributed by atoms with Crippen molar-refractivity contribution in [2.45, 2.75) is 0 Å². The van der Waals surface area contributed by atoms with Gasteiger partial charge in [-0.25, -0.2) is 9.97 Å². The van der Waals surface area contributed by atoms with E-state index in [0.29, 0.717) is 16.8 Å². The zero-order valence-electron chi connectivity index (χ0n) is 12.8. The van der Waals surface area contributed by atoms with E-state index in [-0.39, 0.29) is 0 Å². The highest BCUT2D eigenvalue weighted by Gasteiger charge is 2.07. The standard InChI is InChI=1S/C17H12BrClN6/c18-13-8-20-17(24-11-3-1-2-10(19)6-11)25-16(13)23-12-4-5-14-15(7-12)22-9-21-14/h1-9H,(H,21,22)(H2,20,23,24,25). The molecule has 0 atom stereocenters. The largest absolute Gasteiger partial charge is 0.345 e. The molecule has 0 fully saturated rings. The Morgan fingerprint density at radius 2 is 1.88 bits per heavy atom. The fourth-order valence-corrected chi connectivity index (χ4v) is 2.84. The van der Waals surface area contributed by atoms with Gasteiger partial charge in [0.2, 0.25) is 5.95 Å². The van der Waals surface area contributed by atoms with Gasteiger partial charge < -0.3 is 15.6 Å². The van der Waals surface area contributed by atoms with E-state index in [9.17, 15) is 0 Å². The number of benzene rings is 2. The highest BCUT2D eigenvalue weighted by molar-refractivity contribution is 9.10. The summed E-state index contributed by atoms with van der Waals surface area (Å²) in [7, 11) is 0. The van der Waals surface area contributed by atoms with E-state index >= 15 is 0 Å². The number of imidazole rings is 1. The number of nitrogens with zero attached hydrogens (tertiary/aromatic N) is 3. The Hall–Kier alpha value is -2.64. The van der Waals surface area contributed by atoms with E-state index in [1.54, 1.807) is 12.5 Å². The van der Waals surface area contributed by atoms with Crippen LogP contribution in [0.4, 0.5) is 23.1 Å². The number of nitrogens with one attached hydrogen (secondary N) is 3. The number of aromatic amines is 1. The van der Waals surface area contributed by atoms with Crippen LogP contribution in [-0.2, 0) is 0 Å². The molecule has 0 aliphatic rings. The van der Waals surface area contributed by atoms with Gasteiger partial charge >= 0.3 is 0 Å². The maximum absolute atomic E-state index is 6.00. The normalized spacial score (nSPS) is 10.8. The summed E-state index contributed by atoms with van der Waals surface area (Å²) in [5.74, 6) is 1.12. The minimum absolute atomic E-state index is 0.468. The molecule has 8 heteroatoms. The summed E-state index contributed by atoms with van der Waals surface area (Å²) in [5, 5.41) is 7.07. The van der Waals surface area contributed by atoms with Gasteiger partial charge in [-0.15, -0.1) is 0 Å². The molecule has 4 rings (SSSR count). The molecule has 25 heavy (non-hydrogen) atoms. The third kappa shape index (κ3) is 3.57. The molecule has 0 aliphatic heterocycles. The lowest BCUT2D eigenvalue weighted by atomic mass is 10.3. The van der Waals surface area contributed by atoms with Gasteiger partial charge in [-0.2, -0.15) is 4.98 Å². The summed E-state index contributed by atoms with van der Waals surface area (Å²) in [5.41, 5.74) is 3.58. The summed E-state index contributed by atoms with van der Waals surface area (Å²) >= 11 is 9.48. The van der Waals surface area contributed by atoms with E-state index < -0.39 is 0 Å². The SMILES string of the molecule is Clc1cccc(Nc2ncc(Br)c(Nc3ccc4nc[nH]c4c3)n2)c1. The van der Waals surface area contributed by atoms with Gasteiger partial charge in [0, 0.05) is 22.6 Å². The smallest absolute Gasteiger partial charge is 0.229 e. The molecule has 0 unspecified atom stereocenters. The van der Waals surface area contributed by atoms with E-state index in [4.69, 9.17) is 11.6 Å². The molecule has 0 radical (unpaired) electrons. The zero-order chi connectivity index (χ0) is 17.2. The van der Waals surface area contributed by atoms with E-state index in [1.165, 1.54) is 0 Å². The van der Waals surface area contributed by atoms with Crippen molar-refractivity contribution < 1.29 is 0 Å². The predicted molar refractivity (Wildman–Crippen MR) is 104 cm³/mol. The average Bonchev–Trinajstić information content (AvgIpc) is 3.06. The number of hydrogen-bond donors (Lipinski definition) is 3. The van der Waals surface area contributed by atoms with Gasteiger partial charge in [0.05, 0.1) is 21.8 Å². The minimum Gasteiger partial charge on any atom is -0.345 e. The van der Waals surface area contributed by atoms with Crippen LogP contribution in [0.1, 0.15) is 0 Å². The number of anilines is 4. The van der Waals surface area contributed by atoms with Crippen molar-refractivity contribution in [2.75, 3.05) is 10.6 Å². The molecular formula is C17H12BrClN6. The van der Waals surface area contributed by atoms with Crippen LogP contribution in [0.15, 0.2) is 59.5 Å². The summed E-state index contributed by atoms with van der Waals surface area (Å²) in [6, 6.07) is 13.2. The summed E-state index contributed by atoms with van der Waals surface area (Å²) < 4.78 is 0.758. The molecule has 2 aromatic carbocycles. The first-order valence-electron chi connectivity index (χ1n) is 7.43. The Morgan fingerprint density at radius 1 is 1.00 bits per heavy atom. The van der Waals surface area contributed by atoms with Gasteiger partial charge in [-0.3, -0.25) is 0 Å². The monoisotopic (exact) mass is 414 g/mol. The number of aromatic nitrogens is 4. The Balaban J connectivity index is 1.60. The van der Waals surface area contributed by atoms with Crippen LogP contribution >= 0.6 is 27.5 Å². The van der Waals surface area contributed by atoms with E-state index in [1.807, 2.05) is 42.5 Å². The first-order valence-corrected chi connectivity index (χ1v) is 8.60. The van der Waals surface area contributed by atoms with Crippen LogP contribution < -0.4 is 10.6 Å². The molecule has 6 nitrogen and oxygen atoms in total. The quantitative estimate of drug-likeness (QED) is 0.424. The van der Waals surface area contributed by atoms with Crippen LogP contribution in [0.2, 0.25) is 5.02 Å². The van der Waals surface area contributed by atoms with Crippen molar-refractivity contribution in [3.8, 4) is 0 Å². The fourth-order valence-electron chi connectivity index (χ4n) is 2.36. The predicted octanol–water partition coefficient (Wildman–Crippen LogP) is 5.26. The van der Waals surface area contributed by atoms with Crippen molar-refractivity contribution in [1.82, 2.24) is 19.9 Å².